The van der Waals surface area contributed by atoms with E-state index in [1.807, 2.05) is 53.4 Å². The lowest BCUT2D eigenvalue weighted by Gasteiger charge is -2.32. The van der Waals surface area contributed by atoms with Crippen LogP contribution in [0.4, 0.5) is 0 Å². The topological polar surface area (TPSA) is 54.2 Å². The Bertz CT molecular complexity index is 794. The van der Waals surface area contributed by atoms with E-state index in [-0.39, 0.29) is 24.9 Å². The maximum atomic E-state index is 12.4. The van der Waals surface area contributed by atoms with Gasteiger partial charge in [-0.3, -0.25) is 4.79 Å². The molecule has 156 valence electrons. The molecule has 1 aliphatic heterocycles. The maximum Gasteiger partial charge on any atom is 0.246 e. The van der Waals surface area contributed by atoms with E-state index in [0.29, 0.717) is 24.7 Å². The molecule has 0 aliphatic carbocycles. The van der Waals surface area contributed by atoms with Gasteiger partial charge >= 0.3 is 0 Å². The summed E-state index contributed by atoms with van der Waals surface area (Å²) in [4.78, 5) is 15.5. The molecule has 7 heteroatoms. The molecule has 29 heavy (non-hydrogen) atoms. The first-order valence-corrected chi connectivity index (χ1v) is 9.90. The SMILES string of the molecule is O=C(C=Cc1ccccc1Cl)N1CC[NH+](CC(O)COc2ccccc2)CC1.[Cl-]. The van der Waals surface area contributed by atoms with E-state index in [1.54, 1.807) is 18.2 Å². The number of halogens is 2. The third-order valence-corrected chi connectivity index (χ3v) is 5.15. The van der Waals surface area contributed by atoms with Crippen LogP contribution in [0.3, 0.4) is 0 Å². The second-order valence-electron chi connectivity index (χ2n) is 6.91. The summed E-state index contributed by atoms with van der Waals surface area (Å²) < 4.78 is 5.60. The van der Waals surface area contributed by atoms with Gasteiger partial charge in [0.05, 0.1) is 26.2 Å². The predicted molar refractivity (Wildman–Crippen MR) is 111 cm³/mol. The van der Waals surface area contributed by atoms with Gasteiger partial charge in [0.15, 0.2) is 0 Å². The zero-order valence-electron chi connectivity index (χ0n) is 16.1. The smallest absolute Gasteiger partial charge is 0.246 e. The molecule has 0 bridgehead atoms. The number of ether oxygens (including phenoxy) is 1. The van der Waals surface area contributed by atoms with Crippen molar-refractivity contribution < 1.29 is 31.9 Å². The minimum Gasteiger partial charge on any atom is -1.00 e. The van der Waals surface area contributed by atoms with Crippen molar-refractivity contribution >= 4 is 23.6 Å². The van der Waals surface area contributed by atoms with Gasteiger partial charge in [0.1, 0.15) is 25.0 Å². The van der Waals surface area contributed by atoms with Crippen LogP contribution in [0, 0.1) is 0 Å². The summed E-state index contributed by atoms with van der Waals surface area (Å²) in [5, 5.41) is 10.9. The van der Waals surface area contributed by atoms with Gasteiger partial charge in [0, 0.05) is 11.1 Å². The Kier molecular flexibility index (Phi) is 9.48. The molecule has 0 spiro atoms. The van der Waals surface area contributed by atoms with Crippen molar-refractivity contribution in [2.45, 2.75) is 6.10 Å². The van der Waals surface area contributed by atoms with Gasteiger partial charge in [-0.2, -0.15) is 0 Å². The molecular weight excluding hydrogens is 411 g/mol. The van der Waals surface area contributed by atoms with Crippen LogP contribution in [0.1, 0.15) is 5.56 Å². The van der Waals surface area contributed by atoms with E-state index in [1.165, 1.54) is 4.90 Å². The number of piperazine rings is 1. The van der Waals surface area contributed by atoms with E-state index in [4.69, 9.17) is 16.3 Å². The van der Waals surface area contributed by atoms with E-state index in [9.17, 15) is 9.90 Å². The molecule has 5 nitrogen and oxygen atoms in total. The molecule has 2 aromatic rings. The van der Waals surface area contributed by atoms with E-state index in [0.717, 1.165) is 24.4 Å². The number of nitrogens with one attached hydrogen (secondary N) is 1. The average Bonchev–Trinajstić information content (AvgIpc) is 2.73. The molecule has 1 heterocycles. The highest BCUT2D eigenvalue weighted by atomic mass is 35.5. The van der Waals surface area contributed by atoms with Crippen LogP contribution in [0.5, 0.6) is 5.75 Å². The van der Waals surface area contributed by atoms with Crippen LogP contribution < -0.4 is 22.0 Å². The van der Waals surface area contributed by atoms with Gasteiger partial charge in [0.25, 0.3) is 0 Å². The van der Waals surface area contributed by atoms with Crippen LogP contribution in [-0.2, 0) is 4.79 Å². The van der Waals surface area contributed by atoms with Crippen LogP contribution in [0.15, 0.2) is 60.7 Å². The summed E-state index contributed by atoms with van der Waals surface area (Å²) in [6.07, 6.45) is 2.81. The van der Waals surface area contributed by atoms with E-state index < -0.39 is 6.10 Å². The van der Waals surface area contributed by atoms with Crippen molar-refractivity contribution in [3.05, 3.63) is 71.3 Å². The third kappa shape index (κ3) is 7.37. The first kappa shape index (κ1) is 23.2. The number of hydrogen-bond donors (Lipinski definition) is 2. The summed E-state index contributed by atoms with van der Waals surface area (Å²) in [6, 6.07) is 16.9. The van der Waals surface area contributed by atoms with Gasteiger partial charge in [-0.25, -0.2) is 0 Å². The third-order valence-electron chi connectivity index (χ3n) is 4.80. The minimum absolute atomic E-state index is 0. The van der Waals surface area contributed by atoms with Crippen molar-refractivity contribution in [3.8, 4) is 5.75 Å². The second kappa shape index (κ2) is 11.8. The number of nitrogens with zero attached hydrogens (tertiary/aromatic N) is 1. The van der Waals surface area contributed by atoms with Crippen molar-refractivity contribution in [2.75, 3.05) is 39.3 Å². The molecule has 0 aromatic heterocycles. The number of quaternary nitrogens is 1. The summed E-state index contributed by atoms with van der Waals surface area (Å²) >= 11 is 6.11. The lowest BCUT2D eigenvalue weighted by molar-refractivity contribution is -0.907. The normalized spacial score (nSPS) is 15.7. The number of aliphatic hydroxyl groups is 1. The number of carbonyl (C=O) groups excluding carboxylic acids is 1. The van der Waals surface area contributed by atoms with Crippen molar-refractivity contribution in [1.82, 2.24) is 4.90 Å². The van der Waals surface area contributed by atoms with E-state index >= 15 is 0 Å². The number of carbonyl (C=O) groups is 1. The fraction of sp³-hybridized carbons (Fsp3) is 0.318. The van der Waals surface area contributed by atoms with E-state index in [2.05, 4.69) is 0 Å². The Morgan fingerprint density at radius 3 is 2.48 bits per heavy atom. The highest BCUT2D eigenvalue weighted by Crippen LogP contribution is 2.16. The molecular formula is C22H26Cl2N2O3. The van der Waals surface area contributed by atoms with Gasteiger partial charge in [-0.05, 0) is 29.8 Å². The predicted octanol–water partition coefficient (Wildman–Crippen LogP) is -1.48. The Morgan fingerprint density at radius 1 is 1.14 bits per heavy atom. The lowest BCUT2D eigenvalue weighted by atomic mass is 10.2. The highest BCUT2D eigenvalue weighted by Gasteiger charge is 2.24. The fourth-order valence-electron chi connectivity index (χ4n) is 3.23. The zero-order valence-corrected chi connectivity index (χ0v) is 17.6. The molecule has 0 saturated carbocycles. The number of amides is 1. The van der Waals surface area contributed by atoms with Gasteiger partial charge in [-0.1, -0.05) is 48.0 Å². The second-order valence-corrected chi connectivity index (χ2v) is 7.32. The van der Waals surface area contributed by atoms with Gasteiger partial charge < -0.3 is 32.1 Å². The summed E-state index contributed by atoms with van der Waals surface area (Å²) in [6.45, 7) is 3.86. The molecule has 1 saturated heterocycles. The Hall–Kier alpha value is -2.05. The van der Waals surface area contributed by atoms with Crippen molar-refractivity contribution in [2.24, 2.45) is 0 Å². The molecule has 2 aromatic carbocycles. The highest BCUT2D eigenvalue weighted by molar-refractivity contribution is 6.32. The van der Waals surface area contributed by atoms with Gasteiger partial charge in [0.2, 0.25) is 5.91 Å². The lowest BCUT2D eigenvalue weighted by Crippen LogP contribution is -3.15. The summed E-state index contributed by atoms with van der Waals surface area (Å²) in [7, 11) is 0. The first-order chi connectivity index (χ1) is 13.6. The first-order valence-electron chi connectivity index (χ1n) is 9.53. The fourth-order valence-corrected chi connectivity index (χ4v) is 3.42. The molecule has 1 unspecified atom stereocenters. The van der Waals surface area contributed by atoms with Crippen molar-refractivity contribution in [3.63, 3.8) is 0 Å². The Balaban J connectivity index is 0.00000300. The molecule has 3 rings (SSSR count). The number of benzene rings is 2. The molecule has 2 N–H and O–H groups in total. The average molecular weight is 437 g/mol. The standard InChI is InChI=1S/C22H25ClN2O3.ClH/c23-21-9-5-4-6-18(21)10-11-22(27)25-14-12-24(13-15-25)16-19(26)17-28-20-7-2-1-3-8-20;/h1-11,19,26H,12-17H2;1H. The number of aliphatic hydroxyl groups excluding tert-OH is 1. The number of hydrogen-bond acceptors (Lipinski definition) is 3. The quantitative estimate of drug-likeness (QED) is 0.520. The number of para-hydroxylation sites is 1. The molecule has 0 radical (unpaired) electrons. The zero-order chi connectivity index (χ0) is 19.8. The van der Waals surface area contributed by atoms with Crippen molar-refractivity contribution in [1.29, 1.82) is 0 Å². The molecule has 1 aliphatic rings. The largest absolute Gasteiger partial charge is 1.00 e. The Morgan fingerprint density at radius 2 is 1.79 bits per heavy atom. The van der Waals surface area contributed by atoms with Crippen LogP contribution >= 0.6 is 11.6 Å². The monoisotopic (exact) mass is 436 g/mol. The minimum atomic E-state index is -0.530. The molecule has 1 fully saturated rings. The van der Waals surface area contributed by atoms with Crippen LogP contribution in [0.25, 0.3) is 6.08 Å². The number of rotatable bonds is 7. The summed E-state index contributed by atoms with van der Waals surface area (Å²) in [5.41, 5.74) is 0.836. The van der Waals surface area contributed by atoms with Crippen LogP contribution in [0.2, 0.25) is 5.02 Å². The van der Waals surface area contributed by atoms with Crippen LogP contribution in [-0.4, -0.2) is 61.3 Å². The summed E-state index contributed by atoms with van der Waals surface area (Å²) in [5.74, 6) is 0.754. The maximum absolute atomic E-state index is 12.4. The molecule has 1 amide bonds. The molecule has 1 atom stereocenters. The Labute approximate surface area is 182 Å². The van der Waals surface area contributed by atoms with Gasteiger partial charge in [-0.15, -0.1) is 0 Å².